The molecule has 0 aliphatic carbocycles. The van der Waals surface area contributed by atoms with Gasteiger partial charge in [0.15, 0.2) is 0 Å². The molecule has 2 N–H and O–H groups in total. The van der Waals surface area contributed by atoms with Crippen LogP contribution in [-0.2, 0) is 4.79 Å². The van der Waals surface area contributed by atoms with Crippen LogP contribution < -0.4 is 5.32 Å². The van der Waals surface area contributed by atoms with E-state index < -0.39 is 37.2 Å². The van der Waals surface area contributed by atoms with Crippen LogP contribution >= 0.6 is 0 Å². The van der Waals surface area contributed by atoms with Gasteiger partial charge in [0.05, 0.1) is 6.42 Å². The molecule has 1 aliphatic heterocycles. The van der Waals surface area contributed by atoms with Gasteiger partial charge in [-0.25, -0.2) is 4.79 Å². The molecule has 1 aliphatic rings. The second-order valence-corrected chi connectivity index (χ2v) is 4.63. The third-order valence-electron chi connectivity index (χ3n) is 3.19. The second-order valence-electron chi connectivity index (χ2n) is 4.63. The first-order valence-electron chi connectivity index (χ1n) is 6.27. The number of carbonyl (C=O) groups excluding carboxylic acids is 1. The highest BCUT2D eigenvalue weighted by Crippen LogP contribution is 2.18. The first-order valence-corrected chi connectivity index (χ1v) is 6.27. The summed E-state index contributed by atoms with van der Waals surface area (Å²) in [7, 11) is 0. The highest BCUT2D eigenvalue weighted by molar-refractivity contribution is 5.74. The highest BCUT2D eigenvalue weighted by atomic mass is 19.4. The molecule has 1 rings (SSSR count). The van der Waals surface area contributed by atoms with E-state index in [1.807, 2.05) is 0 Å². The number of nitrogens with one attached hydrogen (secondary N) is 1. The number of alkyl halides is 3. The fourth-order valence-corrected chi connectivity index (χ4v) is 1.89. The number of rotatable bonds is 4. The maximum absolute atomic E-state index is 11.9. The van der Waals surface area contributed by atoms with E-state index in [9.17, 15) is 22.8 Å². The predicted molar refractivity (Wildman–Crippen MR) is 64.3 cm³/mol. The van der Waals surface area contributed by atoms with Crippen molar-refractivity contribution in [1.82, 2.24) is 15.1 Å². The van der Waals surface area contributed by atoms with E-state index in [0.29, 0.717) is 26.2 Å². The molecule has 0 aromatic carbocycles. The van der Waals surface area contributed by atoms with Gasteiger partial charge in [-0.15, -0.1) is 0 Å². The Kier molecular flexibility index (Phi) is 5.61. The van der Waals surface area contributed by atoms with E-state index >= 15 is 0 Å². The Balaban J connectivity index is 2.30. The molecule has 2 amide bonds. The van der Waals surface area contributed by atoms with E-state index in [1.54, 1.807) is 11.8 Å². The van der Waals surface area contributed by atoms with E-state index in [2.05, 4.69) is 5.32 Å². The number of hydrogen-bond donors (Lipinski definition) is 2. The van der Waals surface area contributed by atoms with Gasteiger partial charge in [-0.2, -0.15) is 13.2 Å². The number of halogens is 3. The molecule has 1 fully saturated rings. The summed E-state index contributed by atoms with van der Waals surface area (Å²) in [6.45, 7) is 2.49. The summed E-state index contributed by atoms with van der Waals surface area (Å²) in [5, 5.41) is 11.1. The zero-order valence-electron chi connectivity index (χ0n) is 11.1. The zero-order valence-corrected chi connectivity index (χ0v) is 11.1. The molecular formula is C11H18F3N3O3. The summed E-state index contributed by atoms with van der Waals surface area (Å²) >= 11 is 0. The largest absolute Gasteiger partial charge is 0.480 e. The van der Waals surface area contributed by atoms with Crippen LogP contribution in [0.1, 0.15) is 13.3 Å². The Labute approximate surface area is 114 Å². The number of urea groups is 1. The Hall–Kier alpha value is -1.51. The molecule has 0 saturated carbocycles. The summed E-state index contributed by atoms with van der Waals surface area (Å²) < 4.78 is 35.8. The molecule has 9 heteroatoms. The number of nitrogens with zero attached hydrogens (tertiary/aromatic N) is 2. The number of hydrogen-bond acceptors (Lipinski definition) is 3. The van der Waals surface area contributed by atoms with Crippen LogP contribution in [0.5, 0.6) is 0 Å². The monoisotopic (exact) mass is 297 g/mol. The van der Waals surface area contributed by atoms with Crippen LogP contribution in [0.4, 0.5) is 18.0 Å². The van der Waals surface area contributed by atoms with Crippen molar-refractivity contribution in [2.75, 3.05) is 32.7 Å². The van der Waals surface area contributed by atoms with Crippen molar-refractivity contribution in [3.8, 4) is 0 Å². The lowest BCUT2D eigenvalue weighted by Gasteiger charge is -2.36. The van der Waals surface area contributed by atoms with E-state index in [-0.39, 0.29) is 0 Å². The number of carboxylic acid groups (broad SMARTS) is 1. The first-order chi connectivity index (χ1) is 9.20. The molecule has 0 aromatic rings. The van der Waals surface area contributed by atoms with E-state index in [4.69, 9.17) is 5.11 Å². The Morgan fingerprint density at radius 2 is 1.80 bits per heavy atom. The lowest BCUT2D eigenvalue weighted by atomic mass is 10.2. The fourth-order valence-electron chi connectivity index (χ4n) is 1.89. The third-order valence-corrected chi connectivity index (χ3v) is 3.19. The molecule has 6 nitrogen and oxygen atoms in total. The van der Waals surface area contributed by atoms with Gasteiger partial charge < -0.3 is 15.3 Å². The quantitative estimate of drug-likeness (QED) is 0.803. The Morgan fingerprint density at radius 1 is 1.25 bits per heavy atom. The molecule has 0 aromatic heterocycles. The molecule has 0 bridgehead atoms. The second kappa shape index (κ2) is 6.78. The lowest BCUT2D eigenvalue weighted by Crippen LogP contribution is -2.55. The molecule has 116 valence electrons. The predicted octanol–water partition coefficient (Wildman–Crippen LogP) is 0.739. The van der Waals surface area contributed by atoms with Gasteiger partial charge in [-0.1, -0.05) is 0 Å². The maximum Gasteiger partial charge on any atom is 0.390 e. The molecule has 0 radical (unpaired) electrons. The molecule has 1 saturated heterocycles. The van der Waals surface area contributed by atoms with Crippen molar-refractivity contribution in [2.45, 2.75) is 25.6 Å². The van der Waals surface area contributed by atoms with Crippen molar-refractivity contribution < 1.29 is 27.9 Å². The van der Waals surface area contributed by atoms with Gasteiger partial charge in [0.25, 0.3) is 0 Å². The number of carbonyl (C=O) groups is 2. The minimum atomic E-state index is -4.29. The van der Waals surface area contributed by atoms with Gasteiger partial charge in [0.2, 0.25) is 0 Å². The van der Waals surface area contributed by atoms with Crippen LogP contribution in [0, 0.1) is 0 Å². The zero-order chi connectivity index (χ0) is 15.3. The van der Waals surface area contributed by atoms with Crippen molar-refractivity contribution >= 4 is 12.0 Å². The molecular weight excluding hydrogens is 279 g/mol. The minimum absolute atomic E-state index is 0.301. The Bertz CT molecular complexity index is 355. The van der Waals surface area contributed by atoms with Gasteiger partial charge in [-0.3, -0.25) is 9.69 Å². The number of amides is 2. The van der Waals surface area contributed by atoms with Gasteiger partial charge in [-0.05, 0) is 6.92 Å². The van der Waals surface area contributed by atoms with Gasteiger partial charge in [0.1, 0.15) is 6.04 Å². The summed E-state index contributed by atoms with van der Waals surface area (Å²) in [4.78, 5) is 25.5. The fraction of sp³-hybridized carbons (Fsp3) is 0.818. The SMILES string of the molecule is CC(C(=O)O)N1CCN(C(=O)NCCC(F)(F)F)CC1. The smallest absolute Gasteiger partial charge is 0.390 e. The van der Waals surface area contributed by atoms with Crippen molar-refractivity contribution in [1.29, 1.82) is 0 Å². The topological polar surface area (TPSA) is 72.9 Å². The van der Waals surface area contributed by atoms with Crippen molar-refractivity contribution in [3.05, 3.63) is 0 Å². The maximum atomic E-state index is 11.9. The summed E-state index contributed by atoms with van der Waals surface area (Å²) in [6.07, 6.45) is -5.35. The number of piperazine rings is 1. The third kappa shape index (κ3) is 5.24. The first kappa shape index (κ1) is 16.5. The molecule has 0 spiro atoms. The molecule has 1 unspecified atom stereocenters. The summed E-state index contributed by atoms with van der Waals surface area (Å²) in [5.41, 5.74) is 0. The van der Waals surface area contributed by atoms with Crippen LogP contribution in [0.25, 0.3) is 0 Å². The lowest BCUT2D eigenvalue weighted by molar-refractivity contribution is -0.143. The number of carboxylic acids is 1. The standard InChI is InChI=1S/C11H18F3N3O3/c1-8(9(18)19)16-4-6-17(7-5-16)10(20)15-3-2-11(12,13)14/h8H,2-7H2,1H3,(H,15,20)(H,18,19). The van der Waals surface area contributed by atoms with Gasteiger partial charge >= 0.3 is 18.2 Å². The molecule has 20 heavy (non-hydrogen) atoms. The summed E-state index contributed by atoms with van der Waals surface area (Å²) in [6, 6.07) is -1.18. The van der Waals surface area contributed by atoms with Gasteiger partial charge in [0, 0.05) is 32.7 Å². The minimum Gasteiger partial charge on any atom is -0.480 e. The average Bonchev–Trinajstić information content (AvgIpc) is 2.36. The Morgan fingerprint density at radius 3 is 2.25 bits per heavy atom. The van der Waals surface area contributed by atoms with Crippen molar-refractivity contribution in [3.63, 3.8) is 0 Å². The van der Waals surface area contributed by atoms with Crippen LogP contribution in [0.15, 0.2) is 0 Å². The van der Waals surface area contributed by atoms with E-state index in [0.717, 1.165) is 0 Å². The molecule has 1 atom stereocenters. The van der Waals surface area contributed by atoms with E-state index in [1.165, 1.54) is 4.90 Å². The normalized spacial score (nSPS) is 18.7. The molecule has 1 heterocycles. The number of aliphatic carboxylic acids is 1. The van der Waals surface area contributed by atoms with Crippen LogP contribution in [0.3, 0.4) is 0 Å². The van der Waals surface area contributed by atoms with Crippen molar-refractivity contribution in [2.24, 2.45) is 0 Å². The van der Waals surface area contributed by atoms with Crippen LogP contribution in [-0.4, -0.2) is 71.8 Å². The van der Waals surface area contributed by atoms with Crippen LogP contribution in [0.2, 0.25) is 0 Å². The highest BCUT2D eigenvalue weighted by Gasteiger charge is 2.29. The average molecular weight is 297 g/mol. The summed E-state index contributed by atoms with van der Waals surface area (Å²) in [5.74, 6) is -0.937.